The van der Waals surface area contributed by atoms with E-state index in [2.05, 4.69) is 36.3 Å². The van der Waals surface area contributed by atoms with Crippen molar-refractivity contribution in [3.05, 3.63) is 54.1 Å². The van der Waals surface area contributed by atoms with Gasteiger partial charge in [-0.25, -0.2) is 8.42 Å². The minimum Gasteiger partial charge on any atom is -0.476 e. The molecule has 34 heavy (non-hydrogen) atoms. The van der Waals surface area contributed by atoms with Crippen LogP contribution in [0.4, 0.5) is 10.8 Å². The maximum absolute atomic E-state index is 13.6. The minimum atomic E-state index is -3.94. The van der Waals surface area contributed by atoms with Crippen LogP contribution in [0.5, 0.6) is 5.75 Å². The van der Waals surface area contributed by atoms with Crippen molar-refractivity contribution in [1.29, 1.82) is 0 Å². The van der Waals surface area contributed by atoms with Crippen LogP contribution in [0.15, 0.2) is 57.8 Å². The number of ether oxygens (including phenoxy) is 1. The Morgan fingerprint density at radius 3 is 2.62 bits per heavy atom. The van der Waals surface area contributed by atoms with Gasteiger partial charge in [-0.15, -0.1) is 10.2 Å². The molecule has 1 amide bonds. The second-order valence-corrected chi connectivity index (χ2v) is 13.0. The lowest BCUT2D eigenvalue weighted by Gasteiger charge is -2.35. The number of fused-ring (bicyclic) bond motifs is 1. The lowest BCUT2D eigenvalue weighted by atomic mass is 9.86. The van der Waals surface area contributed by atoms with E-state index in [4.69, 9.17) is 4.74 Å². The Bertz CT molecular complexity index is 1290. The lowest BCUT2D eigenvalue weighted by molar-refractivity contribution is -0.122. The normalized spacial score (nSPS) is 16.0. The summed E-state index contributed by atoms with van der Waals surface area (Å²) in [6.07, 6.45) is -1.06. The van der Waals surface area contributed by atoms with E-state index < -0.39 is 22.0 Å². The number of carbonyl (C=O) groups is 1. The van der Waals surface area contributed by atoms with E-state index in [0.717, 1.165) is 15.7 Å². The minimum absolute atomic E-state index is 0.147. The first-order valence-corrected chi connectivity index (χ1v) is 14.0. The maximum Gasteiger partial charge on any atom is 0.269 e. The topological polar surface area (TPSA) is 101 Å². The molecule has 0 saturated heterocycles. The summed E-state index contributed by atoms with van der Waals surface area (Å²) in [5.74, 6) is 0.690. The van der Waals surface area contributed by atoms with Crippen LogP contribution in [0.3, 0.4) is 0 Å². The van der Waals surface area contributed by atoms with E-state index in [9.17, 15) is 13.2 Å². The van der Waals surface area contributed by atoms with Gasteiger partial charge >= 0.3 is 0 Å². The van der Waals surface area contributed by atoms with E-state index >= 15 is 0 Å². The summed E-state index contributed by atoms with van der Waals surface area (Å²) in [7, 11) is -3.94. The number of hydrogen-bond donors (Lipinski definition) is 1. The van der Waals surface area contributed by atoms with Crippen molar-refractivity contribution in [3.8, 4) is 5.75 Å². The summed E-state index contributed by atoms with van der Waals surface area (Å²) in [4.78, 5) is 13.2. The summed E-state index contributed by atoms with van der Waals surface area (Å²) in [5, 5.41) is 11.1. The number of anilines is 2. The molecule has 3 aromatic rings. The molecule has 1 aromatic heterocycles. The molecule has 0 spiro atoms. The molecule has 2 heterocycles. The molecule has 1 N–H and O–H groups in total. The number of aromatic nitrogens is 2. The van der Waals surface area contributed by atoms with E-state index in [1.54, 1.807) is 36.4 Å². The number of rotatable bonds is 6. The second-order valence-electron chi connectivity index (χ2n) is 8.68. The number of amides is 1. The van der Waals surface area contributed by atoms with Crippen molar-refractivity contribution < 1.29 is 17.9 Å². The number of nitrogens with one attached hydrogen (secondary N) is 1. The van der Waals surface area contributed by atoms with Gasteiger partial charge in [-0.1, -0.05) is 75.1 Å². The Morgan fingerprint density at radius 1 is 1.21 bits per heavy atom. The van der Waals surface area contributed by atoms with Crippen molar-refractivity contribution >= 4 is 49.8 Å². The Hall–Kier alpha value is -2.63. The largest absolute Gasteiger partial charge is 0.476 e. The number of hydrogen-bond acceptors (Lipinski definition) is 8. The first kappa shape index (κ1) is 24.5. The van der Waals surface area contributed by atoms with Gasteiger partial charge in [0.2, 0.25) is 5.13 Å². The Labute approximate surface area is 207 Å². The predicted octanol–water partition coefficient (Wildman–Crippen LogP) is 4.54. The van der Waals surface area contributed by atoms with Gasteiger partial charge in [0.25, 0.3) is 15.9 Å². The molecule has 1 atom stereocenters. The highest BCUT2D eigenvalue weighted by Gasteiger charge is 2.38. The first-order chi connectivity index (χ1) is 16.1. The van der Waals surface area contributed by atoms with Gasteiger partial charge in [-0.05, 0) is 41.0 Å². The summed E-state index contributed by atoms with van der Waals surface area (Å²) < 4.78 is 35.2. The molecule has 0 fully saturated rings. The van der Waals surface area contributed by atoms with Crippen LogP contribution in [-0.4, -0.2) is 42.9 Å². The average Bonchev–Trinajstić information content (AvgIpc) is 3.24. The highest BCUT2D eigenvalue weighted by molar-refractivity contribution is 8.01. The quantitative estimate of drug-likeness (QED) is 0.377. The van der Waals surface area contributed by atoms with Gasteiger partial charge < -0.3 is 4.74 Å². The monoisotopic (exact) mass is 518 g/mol. The van der Waals surface area contributed by atoms with Crippen molar-refractivity contribution in [2.45, 2.75) is 48.4 Å². The van der Waals surface area contributed by atoms with E-state index in [1.807, 2.05) is 19.1 Å². The van der Waals surface area contributed by atoms with Crippen LogP contribution in [0.25, 0.3) is 0 Å². The third kappa shape index (κ3) is 5.06. The van der Waals surface area contributed by atoms with Crippen molar-refractivity contribution in [2.24, 2.45) is 0 Å². The standard InChI is InChI=1S/C23H26N4O4S3/c1-5-32-22-26-25-21(33-22)24-20(28)19-14-27(34(29,30)16-9-7-6-8-10-16)17-13-15(23(2,3)4)11-12-18(17)31-19/h6-13,19H,5,14H2,1-4H3,(H,24,25,28)/t19-/m1/s1. The molecule has 8 nitrogen and oxygen atoms in total. The fraction of sp³-hybridized carbons (Fsp3) is 0.348. The highest BCUT2D eigenvalue weighted by atomic mass is 32.2. The number of carbonyl (C=O) groups excluding carboxylic acids is 1. The van der Waals surface area contributed by atoms with Crippen LogP contribution < -0.4 is 14.4 Å². The average molecular weight is 519 g/mol. The second kappa shape index (κ2) is 9.55. The van der Waals surface area contributed by atoms with Crippen LogP contribution in [-0.2, 0) is 20.2 Å². The molecule has 1 aliphatic rings. The van der Waals surface area contributed by atoms with E-state index in [0.29, 0.717) is 16.6 Å². The highest BCUT2D eigenvalue weighted by Crippen LogP contribution is 2.40. The van der Waals surface area contributed by atoms with Crippen molar-refractivity contribution in [2.75, 3.05) is 21.9 Å². The van der Waals surface area contributed by atoms with Gasteiger partial charge in [0.15, 0.2) is 10.4 Å². The zero-order chi connectivity index (χ0) is 24.5. The third-order valence-corrected chi connectivity index (χ3v) is 8.87. The van der Waals surface area contributed by atoms with Gasteiger partial charge in [0.05, 0.1) is 17.1 Å². The first-order valence-electron chi connectivity index (χ1n) is 10.8. The fourth-order valence-electron chi connectivity index (χ4n) is 3.43. The predicted molar refractivity (Wildman–Crippen MR) is 135 cm³/mol. The number of benzene rings is 2. The van der Waals surface area contributed by atoms with E-state index in [1.165, 1.54) is 27.4 Å². The molecular formula is C23H26N4O4S3. The molecule has 0 saturated carbocycles. The van der Waals surface area contributed by atoms with Crippen LogP contribution in [0.2, 0.25) is 0 Å². The molecule has 0 radical (unpaired) electrons. The number of thioether (sulfide) groups is 1. The number of nitrogens with zero attached hydrogens (tertiary/aromatic N) is 3. The van der Waals surface area contributed by atoms with Crippen molar-refractivity contribution in [1.82, 2.24) is 10.2 Å². The third-order valence-electron chi connectivity index (χ3n) is 5.22. The van der Waals surface area contributed by atoms with Gasteiger partial charge in [0, 0.05) is 0 Å². The van der Waals surface area contributed by atoms with Gasteiger partial charge in [0.1, 0.15) is 5.75 Å². The van der Waals surface area contributed by atoms with Crippen LogP contribution in [0.1, 0.15) is 33.3 Å². The molecule has 11 heteroatoms. The lowest BCUT2D eigenvalue weighted by Crippen LogP contribution is -2.49. The van der Waals surface area contributed by atoms with Gasteiger partial charge in [-0.3, -0.25) is 14.4 Å². The molecule has 0 unspecified atom stereocenters. The summed E-state index contributed by atoms with van der Waals surface area (Å²) in [6.45, 7) is 8.00. The smallest absolute Gasteiger partial charge is 0.269 e. The molecular weight excluding hydrogens is 492 g/mol. The maximum atomic E-state index is 13.6. The molecule has 4 rings (SSSR count). The Balaban J connectivity index is 1.69. The van der Waals surface area contributed by atoms with E-state index in [-0.39, 0.29) is 16.9 Å². The number of sulfonamides is 1. The molecule has 0 bridgehead atoms. The zero-order valence-corrected chi connectivity index (χ0v) is 21.8. The summed E-state index contributed by atoms with van der Waals surface area (Å²) >= 11 is 2.79. The molecule has 1 aliphatic heterocycles. The van der Waals surface area contributed by atoms with Crippen LogP contribution in [0, 0.1) is 0 Å². The molecule has 0 aliphatic carbocycles. The molecule has 180 valence electrons. The molecule has 2 aromatic carbocycles. The van der Waals surface area contributed by atoms with Crippen LogP contribution >= 0.6 is 23.1 Å². The Morgan fingerprint density at radius 2 is 1.94 bits per heavy atom. The van der Waals surface area contributed by atoms with Gasteiger partial charge in [-0.2, -0.15) is 0 Å². The summed E-state index contributed by atoms with van der Waals surface area (Å²) in [5.41, 5.74) is 1.18. The van der Waals surface area contributed by atoms with Crippen molar-refractivity contribution in [3.63, 3.8) is 0 Å². The fourth-order valence-corrected chi connectivity index (χ4v) is 6.57. The summed E-state index contributed by atoms with van der Waals surface area (Å²) in [6, 6.07) is 13.6. The SMILES string of the molecule is CCSc1nnc(NC(=O)[C@H]2CN(S(=O)(=O)c3ccccc3)c3cc(C(C)(C)C)ccc3O2)s1. The zero-order valence-electron chi connectivity index (χ0n) is 19.3. The Kier molecular flexibility index (Phi) is 6.88.